The van der Waals surface area contributed by atoms with Crippen LogP contribution in [-0.4, -0.2) is 12.5 Å². The predicted octanol–water partition coefficient (Wildman–Crippen LogP) is 3.49. The van der Waals surface area contributed by atoms with Gasteiger partial charge >= 0.3 is 0 Å². The minimum Gasteiger partial charge on any atom is -0.456 e. The van der Waals surface area contributed by atoms with Crippen LogP contribution in [0.4, 0.5) is 11.4 Å². The van der Waals surface area contributed by atoms with E-state index >= 15 is 0 Å². The monoisotopic (exact) mass is 306 g/mol. The lowest BCUT2D eigenvalue weighted by Crippen LogP contribution is -2.35. The molecule has 1 aromatic heterocycles. The van der Waals surface area contributed by atoms with E-state index in [2.05, 4.69) is 0 Å². The Hall–Kier alpha value is -1.94. The van der Waals surface area contributed by atoms with Gasteiger partial charge in [0.15, 0.2) is 5.76 Å². The van der Waals surface area contributed by atoms with E-state index in [9.17, 15) is 4.79 Å². The van der Waals surface area contributed by atoms with Crippen LogP contribution in [0.5, 0.6) is 0 Å². The number of hydrogen-bond acceptors (Lipinski definition) is 3. The number of nitrogens with two attached hydrogens (primary N) is 1. The van der Waals surface area contributed by atoms with Crippen molar-refractivity contribution in [1.82, 2.24) is 0 Å². The smallest absolute Gasteiger partial charge is 0.294 e. The van der Waals surface area contributed by atoms with E-state index in [4.69, 9.17) is 10.2 Å². The highest BCUT2D eigenvalue weighted by Gasteiger charge is 2.27. The maximum Gasteiger partial charge on any atom is 0.294 e. The minimum absolute atomic E-state index is 0. The molecule has 2 aromatic rings. The maximum atomic E-state index is 12.7. The third-order valence-electron chi connectivity index (χ3n) is 3.77. The lowest BCUT2D eigenvalue weighted by molar-refractivity contribution is 0.0956. The second-order valence-corrected chi connectivity index (χ2v) is 5.27. The Balaban J connectivity index is 0.00000161. The number of benzene rings is 1. The van der Waals surface area contributed by atoms with Crippen LogP contribution in [0.1, 0.15) is 33.9 Å². The molecule has 112 valence electrons. The van der Waals surface area contributed by atoms with Crippen LogP contribution in [0.25, 0.3) is 0 Å². The molecule has 0 saturated carbocycles. The summed E-state index contributed by atoms with van der Waals surface area (Å²) in [5, 5.41) is 0. The fraction of sp³-hybridized carbons (Fsp3) is 0.312. The van der Waals surface area contributed by atoms with Crippen molar-refractivity contribution in [2.24, 2.45) is 0 Å². The summed E-state index contributed by atoms with van der Waals surface area (Å²) in [6.45, 7) is 4.45. The zero-order chi connectivity index (χ0) is 14.3. The van der Waals surface area contributed by atoms with E-state index in [1.165, 1.54) is 0 Å². The Morgan fingerprint density at radius 1 is 1.33 bits per heavy atom. The van der Waals surface area contributed by atoms with Crippen molar-refractivity contribution in [2.45, 2.75) is 26.7 Å². The van der Waals surface area contributed by atoms with Gasteiger partial charge in [-0.2, -0.15) is 0 Å². The van der Waals surface area contributed by atoms with Gasteiger partial charge in [-0.1, -0.05) is 6.07 Å². The molecule has 4 nitrogen and oxygen atoms in total. The van der Waals surface area contributed by atoms with Gasteiger partial charge in [0.05, 0.1) is 0 Å². The largest absolute Gasteiger partial charge is 0.456 e. The first kappa shape index (κ1) is 15.4. The summed E-state index contributed by atoms with van der Waals surface area (Å²) in [5.74, 6) is 1.11. The third-order valence-corrected chi connectivity index (χ3v) is 3.77. The number of nitrogen functional groups attached to an aromatic ring is 1. The fourth-order valence-corrected chi connectivity index (χ4v) is 2.84. The lowest BCUT2D eigenvalue weighted by Gasteiger charge is -2.29. The molecule has 0 fully saturated rings. The molecule has 0 unspecified atom stereocenters. The minimum atomic E-state index is -0.0813. The second-order valence-electron chi connectivity index (χ2n) is 5.27. The number of carbonyl (C=O) groups excluding carboxylic acids is 1. The van der Waals surface area contributed by atoms with E-state index in [-0.39, 0.29) is 18.3 Å². The summed E-state index contributed by atoms with van der Waals surface area (Å²) in [7, 11) is 0. The molecule has 1 aliphatic heterocycles. The Labute approximate surface area is 130 Å². The zero-order valence-electron chi connectivity index (χ0n) is 12.2. The summed E-state index contributed by atoms with van der Waals surface area (Å²) in [4.78, 5) is 14.5. The number of hydrogen-bond donors (Lipinski definition) is 1. The molecular formula is C16H19ClN2O2. The van der Waals surface area contributed by atoms with Gasteiger partial charge in [0.25, 0.3) is 5.91 Å². The number of aryl methyl sites for hydroxylation is 2. The van der Waals surface area contributed by atoms with Crippen LogP contribution >= 0.6 is 12.4 Å². The average molecular weight is 307 g/mol. The summed E-state index contributed by atoms with van der Waals surface area (Å²) in [6.07, 6.45) is 1.84. The summed E-state index contributed by atoms with van der Waals surface area (Å²) < 4.78 is 5.55. The number of halogens is 1. The molecular weight excluding hydrogens is 288 g/mol. The molecule has 0 atom stereocenters. The first-order valence-corrected chi connectivity index (χ1v) is 6.84. The van der Waals surface area contributed by atoms with Crippen LogP contribution in [0.3, 0.4) is 0 Å². The van der Waals surface area contributed by atoms with Gasteiger partial charge in [-0.15, -0.1) is 12.4 Å². The van der Waals surface area contributed by atoms with Gasteiger partial charge in [0.1, 0.15) is 5.76 Å². The predicted molar refractivity (Wildman–Crippen MR) is 86.3 cm³/mol. The Kier molecular flexibility index (Phi) is 4.28. The summed E-state index contributed by atoms with van der Waals surface area (Å²) in [6, 6.07) is 7.61. The fourth-order valence-electron chi connectivity index (χ4n) is 2.84. The van der Waals surface area contributed by atoms with Crippen LogP contribution < -0.4 is 10.6 Å². The molecule has 0 radical (unpaired) electrons. The molecule has 1 aromatic carbocycles. The molecule has 1 aliphatic rings. The molecule has 0 saturated heterocycles. The van der Waals surface area contributed by atoms with Crippen molar-refractivity contribution in [3.05, 3.63) is 46.9 Å². The summed E-state index contributed by atoms with van der Waals surface area (Å²) >= 11 is 0. The number of carbonyl (C=O) groups is 1. The summed E-state index contributed by atoms with van der Waals surface area (Å²) in [5.41, 5.74) is 9.62. The first-order valence-electron chi connectivity index (χ1n) is 6.84. The molecule has 3 rings (SSSR count). The quantitative estimate of drug-likeness (QED) is 0.820. The van der Waals surface area contributed by atoms with Gasteiger partial charge < -0.3 is 15.1 Å². The molecule has 2 N–H and O–H groups in total. The van der Waals surface area contributed by atoms with Gasteiger partial charge in [0, 0.05) is 23.5 Å². The molecule has 0 bridgehead atoms. The third kappa shape index (κ3) is 2.63. The number of anilines is 2. The molecule has 1 amide bonds. The van der Waals surface area contributed by atoms with Crippen molar-refractivity contribution in [2.75, 3.05) is 17.2 Å². The highest BCUT2D eigenvalue weighted by molar-refractivity contribution is 6.06. The molecule has 2 heterocycles. The van der Waals surface area contributed by atoms with E-state index in [0.717, 1.165) is 41.1 Å². The number of nitrogens with zero attached hydrogens (tertiary/aromatic N) is 1. The van der Waals surface area contributed by atoms with E-state index in [0.29, 0.717) is 12.3 Å². The SMILES string of the molecule is Cc1cc(C)c(C(=O)N2CCCc3c(N)cccc32)o1.Cl. The van der Waals surface area contributed by atoms with Crippen molar-refractivity contribution in [1.29, 1.82) is 0 Å². The Morgan fingerprint density at radius 3 is 2.76 bits per heavy atom. The van der Waals surface area contributed by atoms with E-state index < -0.39 is 0 Å². The normalized spacial score (nSPS) is 13.5. The number of rotatable bonds is 1. The van der Waals surface area contributed by atoms with Crippen LogP contribution in [0.2, 0.25) is 0 Å². The Morgan fingerprint density at radius 2 is 2.10 bits per heavy atom. The maximum absolute atomic E-state index is 12.7. The highest BCUT2D eigenvalue weighted by Crippen LogP contribution is 2.32. The highest BCUT2D eigenvalue weighted by atomic mass is 35.5. The van der Waals surface area contributed by atoms with Crippen molar-refractivity contribution >= 4 is 29.7 Å². The van der Waals surface area contributed by atoms with Crippen LogP contribution in [-0.2, 0) is 6.42 Å². The van der Waals surface area contributed by atoms with Crippen molar-refractivity contribution < 1.29 is 9.21 Å². The molecule has 21 heavy (non-hydrogen) atoms. The van der Waals surface area contributed by atoms with Crippen LogP contribution in [0.15, 0.2) is 28.7 Å². The van der Waals surface area contributed by atoms with Crippen LogP contribution in [0, 0.1) is 13.8 Å². The van der Waals surface area contributed by atoms with E-state index in [1.807, 2.05) is 38.1 Å². The topological polar surface area (TPSA) is 59.5 Å². The number of fused-ring (bicyclic) bond motifs is 1. The van der Waals surface area contributed by atoms with Crippen molar-refractivity contribution in [3.63, 3.8) is 0 Å². The van der Waals surface area contributed by atoms with Gasteiger partial charge in [-0.05, 0) is 50.5 Å². The first-order chi connectivity index (χ1) is 9.58. The zero-order valence-corrected chi connectivity index (χ0v) is 13.0. The molecule has 0 aliphatic carbocycles. The number of amides is 1. The Bertz CT molecular complexity index is 679. The number of furan rings is 1. The lowest BCUT2D eigenvalue weighted by atomic mass is 9.99. The standard InChI is InChI=1S/C16H18N2O2.ClH/c1-10-9-11(2)20-15(10)16(19)18-8-4-5-12-13(17)6-3-7-14(12)18;/h3,6-7,9H,4-5,8,17H2,1-2H3;1H. The van der Waals surface area contributed by atoms with Crippen molar-refractivity contribution in [3.8, 4) is 0 Å². The van der Waals surface area contributed by atoms with Gasteiger partial charge in [-0.3, -0.25) is 4.79 Å². The van der Waals surface area contributed by atoms with E-state index in [1.54, 1.807) is 4.90 Å². The average Bonchev–Trinajstić information content (AvgIpc) is 2.77. The van der Waals surface area contributed by atoms with Gasteiger partial charge in [-0.25, -0.2) is 0 Å². The second kappa shape index (κ2) is 5.82. The van der Waals surface area contributed by atoms with Gasteiger partial charge in [0.2, 0.25) is 0 Å². The molecule has 5 heteroatoms. The molecule has 0 spiro atoms.